The third kappa shape index (κ3) is 16.7. The second kappa shape index (κ2) is 22.4. The number of phosphoric acid groups is 1. The Morgan fingerprint density at radius 1 is 0.628 bits per heavy atom. The molecule has 6 unspecified atom stereocenters. The molecule has 1 rings (SSSR count). The van der Waals surface area contributed by atoms with Crippen molar-refractivity contribution in [1.29, 1.82) is 0 Å². The van der Waals surface area contributed by atoms with E-state index in [0.29, 0.717) is 12.8 Å². The summed E-state index contributed by atoms with van der Waals surface area (Å²) in [4.78, 5) is 34.4. The summed E-state index contributed by atoms with van der Waals surface area (Å²) in [6.45, 7) is 2.82. The Labute approximate surface area is 255 Å². The van der Waals surface area contributed by atoms with Crippen LogP contribution in [0.15, 0.2) is 0 Å². The number of carbonyl (C=O) groups is 2. The summed E-state index contributed by atoms with van der Waals surface area (Å²) < 4.78 is 32.6. The summed E-state index contributed by atoms with van der Waals surface area (Å²) in [7, 11) is -5.07. The summed E-state index contributed by atoms with van der Waals surface area (Å²) in [5, 5.41) is 49.4. The number of ether oxygens (including phenoxy) is 2. The van der Waals surface area contributed by atoms with Gasteiger partial charge in [0.1, 0.15) is 43.2 Å². The first-order chi connectivity index (χ1) is 20.4. The zero-order chi connectivity index (χ0) is 32.3. The lowest BCUT2D eigenvalue weighted by Crippen LogP contribution is -2.64. The van der Waals surface area contributed by atoms with E-state index in [1.165, 1.54) is 57.8 Å². The van der Waals surface area contributed by atoms with Crippen LogP contribution in [0.1, 0.15) is 117 Å². The fourth-order valence-corrected chi connectivity index (χ4v) is 5.77. The molecule has 0 aromatic carbocycles. The number of carbonyl (C=O) groups excluding carboxylic acids is 2. The van der Waals surface area contributed by atoms with Gasteiger partial charge >= 0.3 is 19.8 Å². The van der Waals surface area contributed by atoms with E-state index in [0.717, 1.165) is 19.3 Å². The Bertz CT molecular complexity index is 797. The molecule has 43 heavy (non-hydrogen) atoms. The topological polar surface area (TPSA) is 210 Å². The molecule has 1 saturated carbocycles. The molecule has 0 spiro atoms. The van der Waals surface area contributed by atoms with Crippen molar-refractivity contribution in [2.75, 3.05) is 13.2 Å². The van der Waals surface area contributed by atoms with E-state index in [9.17, 15) is 44.6 Å². The van der Waals surface area contributed by atoms with E-state index < -0.39 is 75.7 Å². The van der Waals surface area contributed by atoms with Crippen molar-refractivity contribution in [2.24, 2.45) is 0 Å². The fourth-order valence-electron chi connectivity index (χ4n) is 4.79. The molecule has 254 valence electrons. The number of rotatable bonds is 24. The molecule has 6 atom stereocenters. The molecule has 14 heteroatoms. The Balaban J connectivity index is 2.46. The van der Waals surface area contributed by atoms with Crippen LogP contribution >= 0.6 is 7.82 Å². The van der Waals surface area contributed by atoms with Gasteiger partial charge in [-0.3, -0.25) is 18.6 Å². The third-order valence-corrected chi connectivity index (χ3v) is 8.40. The number of hydrogen-bond acceptors (Lipinski definition) is 12. The lowest BCUT2D eigenvalue weighted by Gasteiger charge is -2.41. The van der Waals surface area contributed by atoms with E-state index >= 15 is 0 Å². The predicted octanol–water partition coefficient (Wildman–Crippen LogP) is 3.04. The maximum absolute atomic E-state index is 12.5. The van der Waals surface area contributed by atoms with Gasteiger partial charge in [0.25, 0.3) is 0 Å². The molecule has 13 nitrogen and oxygen atoms in total. The van der Waals surface area contributed by atoms with Crippen molar-refractivity contribution in [1.82, 2.24) is 0 Å². The van der Waals surface area contributed by atoms with Crippen molar-refractivity contribution in [3.8, 4) is 0 Å². The van der Waals surface area contributed by atoms with Gasteiger partial charge in [0.15, 0.2) is 6.10 Å². The molecular weight excluding hydrogens is 587 g/mol. The van der Waals surface area contributed by atoms with Gasteiger partial charge in [-0.25, -0.2) is 4.57 Å². The average molecular weight is 643 g/mol. The molecule has 0 aliphatic heterocycles. The molecule has 0 heterocycles. The molecule has 1 aliphatic carbocycles. The highest BCUT2D eigenvalue weighted by molar-refractivity contribution is 7.47. The SMILES string of the molecule is CCCCCCCCCCCCCCCC(=O)OC(COC(=O)CCC)COP(=O)(O)OC1C(O)C(O)C(O)C(O)C1O. The largest absolute Gasteiger partial charge is 0.472 e. The average Bonchev–Trinajstić information content (AvgIpc) is 2.97. The molecule has 0 radical (unpaired) electrons. The van der Waals surface area contributed by atoms with Crippen molar-refractivity contribution in [3.05, 3.63) is 0 Å². The maximum atomic E-state index is 12.5. The maximum Gasteiger partial charge on any atom is 0.472 e. The van der Waals surface area contributed by atoms with Gasteiger partial charge < -0.3 is 39.9 Å². The zero-order valence-corrected chi connectivity index (χ0v) is 26.7. The summed E-state index contributed by atoms with van der Waals surface area (Å²) >= 11 is 0. The van der Waals surface area contributed by atoms with Crippen molar-refractivity contribution >= 4 is 19.8 Å². The number of hydrogen-bond donors (Lipinski definition) is 6. The quantitative estimate of drug-likeness (QED) is 0.0509. The van der Waals surface area contributed by atoms with Crippen molar-refractivity contribution in [2.45, 2.75) is 159 Å². The summed E-state index contributed by atoms with van der Waals surface area (Å²) in [6, 6.07) is 0. The van der Waals surface area contributed by atoms with Gasteiger partial charge in [0.05, 0.1) is 6.61 Å². The second-order valence-corrected chi connectivity index (χ2v) is 12.7. The molecular formula is C29H55O13P. The third-order valence-electron chi connectivity index (χ3n) is 7.42. The number of unbranched alkanes of at least 4 members (excludes halogenated alkanes) is 12. The second-order valence-electron chi connectivity index (χ2n) is 11.3. The normalized spacial score (nSPS) is 26.0. The van der Waals surface area contributed by atoms with Crippen LogP contribution in [0.3, 0.4) is 0 Å². The van der Waals surface area contributed by atoms with E-state index in [1.54, 1.807) is 6.92 Å². The Morgan fingerprint density at radius 3 is 1.58 bits per heavy atom. The highest BCUT2D eigenvalue weighted by Gasteiger charge is 2.51. The van der Waals surface area contributed by atoms with Gasteiger partial charge in [0, 0.05) is 12.8 Å². The van der Waals surface area contributed by atoms with Crippen LogP contribution < -0.4 is 0 Å². The highest BCUT2D eigenvalue weighted by Crippen LogP contribution is 2.47. The number of aliphatic hydroxyl groups excluding tert-OH is 5. The first-order valence-corrected chi connectivity index (χ1v) is 17.3. The van der Waals surface area contributed by atoms with E-state index in [2.05, 4.69) is 6.92 Å². The van der Waals surface area contributed by atoms with E-state index in [1.807, 2.05) is 0 Å². The lowest BCUT2D eigenvalue weighted by molar-refractivity contribution is -0.220. The van der Waals surface area contributed by atoms with Crippen LogP contribution in [0.5, 0.6) is 0 Å². The minimum atomic E-state index is -5.07. The molecule has 6 N–H and O–H groups in total. The molecule has 0 saturated heterocycles. The molecule has 1 fully saturated rings. The monoisotopic (exact) mass is 642 g/mol. The van der Waals surface area contributed by atoms with Crippen LogP contribution in [-0.2, 0) is 32.7 Å². The fraction of sp³-hybridized carbons (Fsp3) is 0.931. The highest BCUT2D eigenvalue weighted by atomic mass is 31.2. The van der Waals surface area contributed by atoms with E-state index in [4.69, 9.17) is 18.5 Å². The molecule has 0 aromatic rings. The minimum Gasteiger partial charge on any atom is -0.462 e. The first kappa shape index (κ1) is 39.9. The number of aliphatic hydroxyl groups is 5. The van der Waals surface area contributed by atoms with Crippen molar-refractivity contribution in [3.63, 3.8) is 0 Å². The first-order valence-electron chi connectivity index (χ1n) is 15.8. The minimum absolute atomic E-state index is 0.100. The Kier molecular flexibility index (Phi) is 20.7. The van der Waals surface area contributed by atoms with Gasteiger partial charge in [-0.1, -0.05) is 90.9 Å². The van der Waals surface area contributed by atoms with E-state index in [-0.39, 0.29) is 12.8 Å². The predicted molar refractivity (Wildman–Crippen MR) is 157 cm³/mol. The summed E-state index contributed by atoms with van der Waals surface area (Å²) in [6.07, 6.45) is 2.58. The van der Waals surface area contributed by atoms with Crippen LogP contribution in [0.25, 0.3) is 0 Å². The summed E-state index contributed by atoms with van der Waals surface area (Å²) in [5.41, 5.74) is 0. The van der Waals surface area contributed by atoms with Gasteiger partial charge in [0.2, 0.25) is 0 Å². The van der Waals surface area contributed by atoms with Gasteiger partial charge in [-0.15, -0.1) is 0 Å². The molecule has 0 bridgehead atoms. The number of esters is 2. The van der Waals surface area contributed by atoms with Crippen LogP contribution in [0.2, 0.25) is 0 Å². The molecule has 0 aromatic heterocycles. The lowest BCUT2D eigenvalue weighted by atomic mass is 9.85. The van der Waals surface area contributed by atoms with Gasteiger partial charge in [-0.2, -0.15) is 0 Å². The molecule has 0 amide bonds. The van der Waals surface area contributed by atoms with Crippen LogP contribution in [-0.4, -0.2) is 98.3 Å². The standard InChI is InChI=1S/C29H55O13P/c1-3-5-6-7-8-9-10-11-12-13-14-15-16-18-23(31)41-21(19-39-22(30)17-4-2)20-40-43(37,38)42-29-27(35)25(33)24(32)26(34)28(29)36/h21,24-29,32-36H,3-20H2,1-2H3,(H,37,38). The Morgan fingerprint density at radius 2 is 1.09 bits per heavy atom. The van der Waals surface area contributed by atoms with Crippen LogP contribution in [0.4, 0.5) is 0 Å². The van der Waals surface area contributed by atoms with Crippen molar-refractivity contribution < 1.29 is 63.1 Å². The zero-order valence-electron chi connectivity index (χ0n) is 25.8. The summed E-state index contributed by atoms with van der Waals surface area (Å²) in [5.74, 6) is -1.16. The van der Waals surface area contributed by atoms with Crippen LogP contribution in [0, 0.1) is 0 Å². The van der Waals surface area contributed by atoms with Gasteiger partial charge in [-0.05, 0) is 12.8 Å². The Hall–Kier alpha value is -1.15. The molecule has 1 aliphatic rings. The smallest absolute Gasteiger partial charge is 0.462 e. The number of phosphoric ester groups is 1.